The second-order valence-corrected chi connectivity index (χ2v) is 5.96. The molecule has 3 heteroatoms. The van der Waals surface area contributed by atoms with Crippen molar-refractivity contribution in [1.82, 2.24) is 5.32 Å². The normalized spacial score (nSPS) is 18.2. The molecule has 0 fully saturated rings. The monoisotopic (exact) mass is 331 g/mol. The predicted molar refractivity (Wildman–Crippen MR) is 85.6 cm³/mol. The van der Waals surface area contributed by atoms with Crippen molar-refractivity contribution in [2.24, 2.45) is 0 Å². The molecule has 0 spiro atoms. The summed E-state index contributed by atoms with van der Waals surface area (Å²) in [4.78, 5) is 0. The van der Waals surface area contributed by atoms with Crippen LogP contribution < -0.4 is 10.1 Å². The van der Waals surface area contributed by atoms with Crippen LogP contribution in [-0.2, 0) is 6.42 Å². The highest BCUT2D eigenvalue weighted by atomic mass is 79.9. The largest absolute Gasteiger partial charge is 0.496 e. The molecule has 1 atom stereocenters. The minimum absolute atomic E-state index is 0.385. The molecule has 2 nitrogen and oxygen atoms in total. The van der Waals surface area contributed by atoms with Crippen LogP contribution in [0.25, 0.3) is 0 Å². The Bertz CT molecular complexity index is 597. The molecule has 104 valence electrons. The van der Waals surface area contributed by atoms with Gasteiger partial charge >= 0.3 is 0 Å². The molecule has 20 heavy (non-hydrogen) atoms. The maximum absolute atomic E-state index is 5.47. The van der Waals surface area contributed by atoms with Crippen LogP contribution in [0.15, 0.2) is 46.9 Å². The van der Waals surface area contributed by atoms with Gasteiger partial charge in [0, 0.05) is 12.5 Å². The molecule has 0 bridgehead atoms. The molecule has 3 rings (SSSR count). The van der Waals surface area contributed by atoms with Crippen LogP contribution in [0.1, 0.15) is 22.6 Å². The number of ether oxygens (including phenoxy) is 1. The van der Waals surface area contributed by atoms with Gasteiger partial charge in [-0.25, -0.2) is 0 Å². The molecule has 2 aromatic carbocycles. The van der Waals surface area contributed by atoms with Crippen molar-refractivity contribution in [2.45, 2.75) is 12.3 Å². The first-order chi connectivity index (χ1) is 9.79. The molecule has 1 N–H and O–H groups in total. The summed E-state index contributed by atoms with van der Waals surface area (Å²) < 4.78 is 6.50. The Balaban J connectivity index is 2.11. The Kier molecular flexibility index (Phi) is 4.08. The lowest BCUT2D eigenvalue weighted by atomic mass is 9.88. The topological polar surface area (TPSA) is 21.3 Å². The molecule has 0 saturated heterocycles. The van der Waals surface area contributed by atoms with Crippen molar-refractivity contribution in [1.29, 1.82) is 0 Å². The molecule has 1 heterocycles. The lowest BCUT2D eigenvalue weighted by Gasteiger charge is -2.19. The van der Waals surface area contributed by atoms with Crippen LogP contribution in [0.4, 0.5) is 0 Å². The molecular weight excluding hydrogens is 314 g/mol. The third-order valence-corrected chi connectivity index (χ3v) is 4.53. The Labute approximate surface area is 128 Å². The number of fused-ring (bicyclic) bond motifs is 1. The second-order valence-electron chi connectivity index (χ2n) is 5.10. The van der Waals surface area contributed by atoms with E-state index in [0.29, 0.717) is 5.92 Å². The van der Waals surface area contributed by atoms with E-state index in [4.69, 9.17) is 4.74 Å². The van der Waals surface area contributed by atoms with Gasteiger partial charge in [0.15, 0.2) is 0 Å². The Morgan fingerprint density at radius 3 is 2.75 bits per heavy atom. The summed E-state index contributed by atoms with van der Waals surface area (Å²) in [6.07, 6.45) is 1.06. The molecule has 1 aliphatic rings. The number of rotatable bonds is 2. The van der Waals surface area contributed by atoms with E-state index in [-0.39, 0.29) is 0 Å². The van der Waals surface area contributed by atoms with Crippen molar-refractivity contribution in [3.8, 4) is 5.75 Å². The molecule has 0 radical (unpaired) electrons. The lowest BCUT2D eigenvalue weighted by molar-refractivity contribution is 0.411. The summed E-state index contributed by atoms with van der Waals surface area (Å²) in [6, 6.07) is 15.1. The zero-order chi connectivity index (χ0) is 13.9. The van der Waals surface area contributed by atoms with Gasteiger partial charge in [0.25, 0.3) is 0 Å². The smallest absolute Gasteiger partial charge is 0.133 e. The zero-order valence-electron chi connectivity index (χ0n) is 11.5. The van der Waals surface area contributed by atoms with Gasteiger partial charge in [-0.15, -0.1) is 0 Å². The number of methoxy groups -OCH3 is 1. The van der Waals surface area contributed by atoms with Gasteiger partial charge in [-0.05, 0) is 57.7 Å². The average Bonchev–Trinajstić information content (AvgIpc) is 2.69. The molecule has 0 aromatic heterocycles. The molecular formula is C17H18BrNO. The molecule has 1 aliphatic heterocycles. The van der Waals surface area contributed by atoms with Crippen LogP contribution in [0.3, 0.4) is 0 Å². The minimum Gasteiger partial charge on any atom is -0.496 e. The summed E-state index contributed by atoms with van der Waals surface area (Å²) in [7, 11) is 1.72. The fourth-order valence-electron chi connectivity index (χ4n) is 2.87. The predicted octanol–water partition coefficient (Wildman–Crippen LogP) is 3.74. The Morgan fingerprint density at radius 2 is 2.00 bits per heavy atom. The number of halogens is 1. The first kappa shape index (κ1) is 13.7. The zero-order valence-corrected chi connectivity index (χ0v) is 13.1. The van der Waals surface area contributed by atoms with Gasteiger partial charge in [0.2, 0.25) is 0 Å². The van der Waals surface area contributed by atoms with E-state index in [2.05, 4.69) is 63.7 Å². The minimum atomic E-state index is 0.385. The first-order valence-corrected chi connectivity index (χ1v) is 7.71. The first-order valence-electron chi connectivity index (χ1n) is 6.91. The van der Waals surface area contributed by atoms with Crippen molar-refractivity contribution < 1.29 is 4.74 Å². The SMILES string of the molecule is COc1cc2c(cc1Br)CCNC[C@@H]2c1ccccc1. The third kappa shape index (κ3) is 2.60. The molecule has 0 aliphatic carbocycles. The Hall–Kier alpha value is -1.32. The van der Waals surface area contributed by atoms with Crippen molar-refractivity contribution in [3.63, 3.8) is 0 Å². The van der Waals surface area contributed by atoms with Crippen LogP contribution >= 0.6 is 15.9 Å². The van der Waals surface area contributed by atoms with Gasteiger partial charge in [-0.3, -0.25) is 0 Å². The molecule has 0 saturated carbocycles. The van der Waals surface area contributed by atoms with E-state index in [1.807, 2.05) is 0 Å². The van der Waals surface area contributed by atoms with Gasteiger partial charge < -0.3 is 10.1 Å². The highest BCUT2D eigenvalue weighted by Gasteiger charge is 2.21. The molecule has 0 unspecified atom stereocenters. The Morgan fingerprint density at radius 1 is 1.20 bits per heavy atom. The van der Waals surface area contributed by atoms with E-state index in [0.717, 1.165) is 29.7 Å². The van der Waals surface area contributed by atoms with E-state index >= 15 is 0 Å². The highest BCUT2D eigenvalue weighted by Crippen LogP contribution is 2.36. The molecule has 2 aromatic rings. The van der Waals surface area contributed by atoms with E-state index in [1.54, 1.807) is 7.11 Å². The lowest BCUT2D eigenvalue weighted by Crippen LogP contribution is -2.20. The quantitative estimate of drug-likeness (QED) is 0.905. The maximum atomic E-state index is 5.47. The van der Waals surface area contributed by atoms with Gasteiger partial charge in [-0.2, -0.15) is 0 Å². The van der Waals surface area contributed by atoms with E-state index < -0.39 is 0 Å². The highest BCUT2D eigenvalue weighted by molar-refractivity contribution is 9.10. The van der Waals surface area contributed by atoms with Crippen molar-refractivity contribution >= 4 is 15.9 Å². The summed E-state index contributed by atoms with van der Waals surface area (Å²) in [6.45, 7) is 2.00. The van der Waals surface area contributed by atoms with E-state index in [1.165, 1.54) is 16.7 Å². The van der Waals surface area contributed by atoms with E-state index in [9.17, 15) is 0 Å². The van der Waals surface area contributed by atoms with Crippen molar-refractivity contribution in [3.05, 3.63) is 63.6 Å². The summed E-state index contributed by atoms with van der Waals surface area (Å²) in [5.74, 6) is 1.29. The fraction of sp³-hybridized carbons (Fsp3) is 0.294. The summed E-state index contributed by atoms with van der Waals surface area (Å²) in [5.41, 5.74) is 4.13. The number of hydrogen-bond donors (Lipinski definition) is 1. The maximum Gasteiger partial charge on any atom is 0.133 e. The number of nitrogens with one attached hydrogen (secondary N) is 1. The second kappa shape index (κ2) is 5.98. The third-order valence-electron chi connectivity index (χ3n) is 3.91. The summed E-state index contributed by atoms with van der Waals surface area (Å²) >= 11 is 3.59. The van der Waals surface area contributed by atoms with Crippen LogP contribution in [0, 0.1) is 0 Å². The van der Waals surface area contributed by atoms with Crippen LogP contribution in [0.2, 0.25) is 0 Å². The summed E-state index contributed by atoms with van der Waals surface area (Å²) in [5, 5.41) is 3.54. The van der Waals surface area contributed by atoms with Gasteiger partial charge in [0.1, 0.15) is 5.75 Å². The standard InChI is InChI=1S/C17H18BrNO/c1-20-17-10-14-13(9-16(17)18)7-8-19-11-15(14)12-5-3-2-4-6-12/h2-6,9-10,15,19H,7-8,11H2,1H3/t15-/m1/s1. The van der Waals surface area contributed by atoms with Gasteiger partial charge in [-0.1, -0.05) is 30.3 Å². The van der Waals surface area contributed by atoms with Crippen molar-refractivity contribution in [2.75, 3.05) is 20.2 Å². The number of benzene rings is 2. The van der Waals surface area contributed by atoms with Crippen LogP contribution in [0.5, 0.6) is 5.75 Å². The van der Waals surface area contributed by atoms with Crippen LogP contribution in [-0.4, -0.2) is 20.2 Å². The average molecular weight is 332 g/mol. The number of hydrogen-bond acceptors (Lipinski definition) is 2. The fourth-order valence-corrected chi connectivity index (χ4v) is 3.42. The van der Waals surface area contributed by atoms with Gasteiger partial charge in [0.05, 0.1) is 11.6 Å². The molecule has 0 amide bonds.